The Kier molecular flexibility index (Phi) is 5.08. The molecule has 0 bridgehead atoms. The lowest BCUT2D eigenvalue weighted by molar-refractivity contribution is 0.103. The Bertz CT molecular complexity index is 1340. The van der Waals surface area contributed by atoms with Crippen LogP contribution in [0.25, 0.3) is 21.5 Å². The molecule has 0 saturated carbocycles. The molecule has 144 valence electrons. The third-order valence-corrected chi connectivity index (χ3v) is 6.44. The Labute approximate surface area is 180 Å². The fraction of sp³-hybridized carbons (Fsp3) is 0.0357. The van der Waals surface area contributed by atoms with Crippen molar-refractivity contribution in [2.24, 2.45) is 0 Å². The number of ketones is 1. The largest absolute Gasteiger partial charge is 0.289 e. The highest BCUT2D eigenvalue weighted by Gasteiger charge is 2.17. The maximum atomic E-state index is 13.4. The fourth-order valence-corrected chi connectivity index (χ4v) is 4.83. The van der Waals surface area contributed by atoms with Crippen LogP contribution in [-0.4, -0.2) is 5.78 Å². The van der Waals surface area contributed by atoms with Gasteiger partial charge in [0.05, 0.1) is 0 Å². The summed E-state index contributed by atoms with van der Waals surface area (Å²) < 4.78 is 0. The second-order valence-corrected chi connectivity index (χ2v) is 8.36. The molecule has 0 amide bonds. The van der Waals surface area contributed by atoms with Gasteiger partial charge in [-0.1, -0.05) is 84.9 Å². The van der Waals surface area contributed by atoms with Crippen LogP contribution >= 0.6 is 11.8 Å². The van der Waals surface area contributed by atoms with Crippen LogP contribution in [0, 0.1) is 0 Å². The summed E-state index contributed by atoms with van der Waals surface area (Å²) in [4.78, 5) is 14.6. The van der Waals surface area contributed by atoms with Gasteiger partial charge in [0, 0.05) is 21.8 Å². The predicted octanol–water partition coefficient (Wildman–Crippen LogP) is 7.52. The lowest BCUT2D eigenvalue weighted by atomic mass is 9.93. The zero-order valence-electron chi connectivity index (χ0n) is 16.4. The number of hydrogen-bond donors (Lipinski definition) is 0. The molecule has 0 aliphatic carbocycles. The minimum Gasteiger partial charge on any atom is -0.289 e. The molecule has 0 heterocycles. The normalized spacial score (nSPS) is 11.1. The highest BCUT2D eigenvalue weighted by Crippen LogP contribution is 2.33. The number of carbonyl (C=O) groups excluding carboxylic acids is 1. The van der Waals surface area contributed by atoms with Crippen LogP contribution in [0.5, 0.6) is 0 Å². The zero-order chi connectivity index (χ0) is 20.3. The van der Waals surface area contributed by atoms with Gasteiger partial charge in [0.25, 0.3) is 0 Å². The molecule has 0 aliphatic heterocycles. The van der Waals surface area contributed by atoms with E-state index in [9.17, 15) is 4.79 Å². The molecule has 5 rings (SSSR count). The fourth-order valence-electron chi connectivity index (χ4n) is 3.86. The number of fused-ring (bicyclic) bond motifs is 2. The molecule has 0 N–H and O–H groups in total. The lowest BCUT2D eigenvalue weighted by Gasteiger charge is -2.14. The number of rotatable bonds is 5. The third kappa shape index (κ3) is 3.62. The van der Waals surface area contributed by atoms with Gasteiger partial charge in [-0.05, 0) is 51.4 Å². The third-order valence-electron chi connectivity index (χ3n) is 5.40. The SMILES string of the molecule is O=C(c1ccccc1)c1ccc2cc3ccccc3cc2c1CSc1ccccc1. The Morgan fingerprint density at radius 3 is 2.00 bits per heavy atom. The standard InChI is InChI=1S/C28H20OS/c29-28(20-9-3-1-4-10-20)25-16-15-23-17-21-11-7-8-12-22(21)18-26(23)27(25)19-30-24-13-5-2-6-14-24/h1-18H,19H2. The predicted molar refractivity (Wildman–Crippen MR) is 127 cm³/mol. The minimum atomic E-state index is 0.0781. The Hall–Kier alpha value is -3.36. The summed E-state index contributed by atoms with van der Waals surface area (Å²) in [6, 6.07) is 36.8. The van der Waals surface area contributed by atoms with Gasteiger partial charge in [-0.15, -0.1) is 11.8 Å². The van der Waals surface area contributed by atoms with E-state index in [-0.39, 0.29) is 5.78 Å². The number of benzene rings is 5. The molecule has 5 aromatic rings. The average molecular weight is 405 g/mol. The summed E-state index contributed by atoms with van der Waals surface area (Å²) in [5.41, 5.74) is 2.61. The number of carbonyl (C=O) groups is 1. The maximum Gasteiger partial charge on any atom is 0.193 e. The molecule has 0 atom stereocenters. The van der Waals surface area contributed by atoms with Crippen LogP contribution in [0.1, 0.15) is 21.5 Å². The lowest BCUT2D eigenvalue weighted by Crippen LogP contribution is -2.05. The average Bonchev–Trinajstić information content (AvgIpc) is 2.82. The molecule has 0 radical (unpaired) electrons. The van der Waals surface area contributed by atoms with Gasteiger partial charge in [0.1, 0.15) is 0 Å². The maximum absolute atomic E-state index is 13.4. The minimum absolute atomic E-state index is 0.0781. The molecular formula is C28H20OS. The van der Waals surface area contributed by atoms with E-state index in [4.69, 9.17) is 0 Å². The van der Waals surface area contributed by atoms with Gasteiger partial charge in [0.15, 0.2) is 5.78 Å². The van der Waals surface area contributed by atoms with Crippen molar-refractivity contribution in [3.05, 3.63) is 126 Å². The molecule has 0 aliphatic rings. The molecule has 0 fully saturated rings. The van der Waals surface area contributed by atoms with E-state index < -0.39 is 0 Å². The Morgan fingerprint density at radius 2 is 1.27 bits per heavy atom. The summed E-state index contributed by atoms with van der Waals surface area (Å²) in [7, 11) is 0. The first-order chi connectivity index (χ1) is 14.8. The van der Waals surface area contributed by atoms with Gasteiger partial charge in [-0.2, -0.15) is 0 Å². The van der Waals surface area contributed by atoms with Crippen molar-refractivity contribution in [3.8, 4) is 0 Å². The summed E-state index contributed by atoms with van der Waals surface area (Å²) in [5.74, 6) is 0.822. The molecule has 0 saturated heterocycles. The van der Waals surface area contributed by atoms with Gasteiger partial charge in [-0.3, -0.25) is 4.79 Å². The highest BCUT2D eigenvalue weighted by molar-refractivity contribution is 7.98. The highest BCUT2D eigenvalue weighted by atomic mass is 32.2. The molecule has 0 unspecified atom stereocenters. The first-order valence-corrected chi connectivity index (χ1v) is 11.0. The van der Waals surface area contributed by atoms with Crippen molar-refractivity contribution < 1.29 is 4.79 Å². The van der Waals surface area contributed by atoms with E-state index in [1.807, 2.05) is 42.5 Å². The molecule has 2 heteroatoms. The monoisotopic (exact) mass is 404 g/mol. The number of thioether (sulfide) groups is 1. The van der Waals surface area contributed by atoms with Crippen molar-refractivity contribution >= 4 is 39.1 Å². The van der Waals surface area contributed by atoms with Crippen molar-refractivity contribution in [1.29, 1.82) is 0 Å². The van der Waals surface area contributed by atoms with Gasteiger partial charge in [-0.25, -0.2) is 0 Å². The molecule has 0 spiro atoms. The summed E-state index contributed by atoms with van der Waals surface area (Å²) in [6.45, 7) is 0. The summed E-state index contributed by atoms with van der Waals surface area (Å²) in [5, 5.41) is 4.73. The van der Waals surface area contributed by atoms with E-state index in [1.165, 1.54) is 21.1 Å². The van der Waals surface area contributed by atoms with E-state index >= 15 is 0 Å². The summed E-state index contributed by atoms with van der Waals surface area (Å²) >= 11 is 1.77. The van der Waals surface area contributed by atoms with E-state index in [1.54, 1.807) is 11.8 Å². The smallest absolute Gasteiger partial charge is 0.193 e. The molecule has 0 aromatic heterocycles. The van der Waals surface area contributed by atoms with Crippen molar-refractivity contribution in [3.63, 3.8) is 0 Å². The Morgan fingerprint density at radius 1 is 0.633 bits per heavy atom. The molecular weight excluding hydrogens is 384 g/mol. The zero-order valence-corrected chi connectivity index (χ0v) is 17.2. The second-order valence-electron chi connectivity index (χ2n) is 7.31. The van der Waals surface area contributed by atoms with Crippen LogP contribution in [0.3, 0.4) is 0 Å². The molecule has 1 nitrogen and oxygen atoms in total. The summed E-state index contributed by atoms with van der Waals surface area (Å²) in [6.07, 6.45) is 0. The van der Waals surface area contributed by atoms with Crippen LogP contribution in [-0.2, 0) is 5.75 Å². The van der Waals surface area contributed by atoms with Crippen LogP contribution in [0.15, 0.2) is 114 Å². The first kappa shape index (κ1) is 18.7. The van der Waals surface area contributed by atoms with E-state index in [0.29, 0.717) is 0 Å². The quantitative estimate of drug-likeness (QED) is 0.171. The number of hydrogen-bond acceptors (Lipinski definition) is 2. The van der Waals surface area contributed by atoms with Gasteiger partial charge < -0.3 is 0 Å². The van der Waals surface area contributed by atoms with Crippen molar-refractivity contribution in [2.45, 2.75) is 10.6 Å². The van der Waals surface area contributed by atoms with Crippen LogP contribution in [0.4, 0.5) is 0 Å². The van der Waals surface area contributed by atoms with Crippen molar-refractivity contribution in [2.75, 3.05) is 0 Å². The van der Waals surface area contributed by atoms with E-state index in [2.05, 4.69) is 66.7 Å². The first-order valence-electron chi connectivity index (χ1n) is 10.0. The topological polar surface area (TPSA) is 17.1 Å². The second kappa shape index (κ2) is 8.17. The van der Waals surface area contributed by atoms with Crippen molar-refractivity contribution in [1.82, 2.24) is 0 Å². The Balaban J connectivity index is 1.67. The van der Waals surface area contributed by atoms with Crippen LogP contribution < -0.4 is 0 Å². The molecule has 30 heavy (non-hydrogen) atoms. The van der Waals surface area contributed by atoms with Crippen LogP contribution in [0.2, 0.25) is 0 Å². The van der Waals surface area contributed by atoms with E-state index in [0.717, 1.165) is 27.8 Å². The van der Waals surface area contributed by atoms with Gasteiger partial charge in [0.2, 0.25) is 0 Å². The molecule has 5 aromatic carbocycles. The van der Waals surface area contributed by atoms with Gasteiger partial charge >= 0.3 is 0 Å².